The maximum absolute atomic E-state index is 10.4. The molecule has 1 rings (SSSR count). The summed E-state index contributed by atoms with van der Waals surface area (Å²) in [4.78, 5) is 13.8. The second-order valence-electron chi connectivity index (χ2n) is 1.43. The van der Waals surface area contributed by atoms with E-state index in [0.29, 0.717) is 5.57 Å². The molecule has 8 heavy (non-hydrogen) atoms. The van der Waals surface area contributed by atoms with Crippen molar-refractivity contribution in [2.75, 3.05) is 6.61 Å². The first kappa shape index (κ1) is 5.18. The molecular formula is C5H5NO2. The van der Waals surface area contributed by atoms with Gasteiger partial charge in [0, 0.05) is 11.8 Å². The van der Waals surface area contributed by atoms with Gasteiger partial charge in [-0.25, -0.2) is 4.99 Å². The van der Waals surface area contributed by atoms with E-state index in [1.807, 2.05) is 0 Å². The van der Waals surface area contributed by atoms with E-state index in [1.54, 1.807) is 0 Å². The molecule has 0 radical (unpaired) electrons. The van der Waals surface area contributed by atoms with Gasteiger partial charge in [0.15, 0.2) is 0 Å². The molecule has 3 nitrogen and oxygen atoms in total. The summed E-state index contributed by atoms with van der Waals surface area (Å²) in [6, 6.07) is 0. The van der Waals surface area contributed by atoms with Crippen molar-refractivity contribution in [1.82, 2.24) is 0 Å². The lowest BCUT2D eigenvalue weighted by Gasteiger charge is -1.86. The van der Waals surface area contributed by atoms with Gasteiger partial charge in [0.1, 0.15) is 0 Å². The molecule has 0 aromatic heterocycles. The standard InChI is InChI=1S/C5H5NO2/c7-3-4-1-2-6-5(4)8/h1-2,7H,3H2. The zero-order chi connectivity index (χ0) is 5.98. The van der Waals surface area contributed by atoms with Crippen molar-refractivity contribution in [3.05, 3.63) is 11.6 Å². The Balaban J connectivity index is 2.73. The fraction of sp³-hybridized carbons (Fsp3) is 0.200. The number of hydrogen-bond acceptors (Lipinski definition) is 2. The minimum Gasteiger partial charge on any atom is -0.391 e. The highest BCUT2D eigenvalue weighted by atomic mass is 16.3. The zero-order valence-corrected chi connectivity index (χ0v) is 4.16. The number of carbonyl (C=O) groups is 1. The quantitative estimate of drug-likeness (QED) is 0.496. The summed E-state index contributed by atoms with van der Waals surface area (Å²) >= 11 is 0. The van der Waals surface area contributed by atoms with E-state index in [2.05, 4.69) is 4.99 Å². The number of aliphatic hydroxyl groups excluding tert-OH is 1. The molecule has 1 heterocycles. The predicted molar refractivity (Wildman–Crippen MR) is 28.7 cm³/mol. The van der Waals surface area contributed by atoms with Gasteiger partial charge in [0.25, 0.3) is 5.91 Å². The van der Waals surface area contributed by atoms with Crippen molar-refractivity contribution in [3.63, 3.8) is 0 Å². The molecule has 1 N–H and O–H groups in total. The highest BCUT2D eigenvalue weighted by Gasteiger charge is 2.08. The van der Waals surface area contributed by atoms with E-state index >= 15 is 0 Å². The van der Waals surface area contributed by atoms with Crippen LogP contribution in [0.3, 0.4) is 0 Å². The number of aliphatic hydroxyl groups is 1. The van der Waals surface area contributed by atoms with Gasteiger partial charge < -0.3 is 5.11 Å². The second-order valence-corrected chi connectivity index (χ2v) is 1.43. The van der Waals surface area contributed by atoms with Crippen molar-refractivity contribution in [2.45, 2.75) is 0 Å². The SMILES string of the molecule is O=C1N=CC=C1CO. The number of nitrogens with zero attached hydrogens (tertiary/aromatic N) is 1. The zero-order valence-electron chi connectivity index (χ0n) is 4.16. The van der Waals surface area contributed by atoms with Crippen LogP contribution >= 0.6 is 0 Å². The van der Waals surface area contributed by atoms with E-state index < -0.39 is 0 Å². The van der Waals surface area contributed by atoms with Gasteiger partial charge in [-0.3, -0.25) is 4.79 Å². The fourth-order valence-electron chi connectivity index (χ4n) is 0.469. The Morgan fingerprint density at radius 1 is 1.75 bits per heavy atom. The molecule has 0 fully saturated rings. The summed E-state index contributed by atoms with van der Waals surface area (Å²) in [5, 5.41) is 8.37. The normalized spacial score (nSPS) is 17.1. The summed E-state index contributed by atoms with van der Waals surface area (Å²) in [5.74, 6) is -0.326. The van der Waals surface area contributed by atoms with Crippen LogP contribution in [0.4, 0.5) is 0 Å². The Hall–Kier alpha value is -0.960. The molecule has 0 aromatic rings. The van der Waals surface area contributed by atoms with Gasteiger partial charge in [0.05, 0.1) is 6.61 Å². The molecule has 42 valence electrons. The molecular weight excluding hydrogens is 106 g/mol. The van der Waals surface area contributed by atoms with Gasteiger partial charge >= 0.3 is 0 Å². The number of carbonyl (C=O) groups excluding carboxylic acids is 1. The first-order valence-electron chi connectivity index (χ1n) is 2.23. The van der Waals surface area contributed by atoms with Crippen LogP contribution < -0.4 is 0 Å². The van der Waals surface area contributed by atoms with Crippen molar-refractivity contribution in [1.29, 1.82) is 0 Å². The van der Waals surface area contributed by atoms with Crippen molar-refractivity contribution >= 4 is 12.1 Å². The molecule has 0 bridgehead atoms. The van der Waals surface area contributed by atoms with E-state index in [1.165, 1.54) is 12.3 Å². The van der Waals surface area contributed by atoms with E-state index in [-0.39, 0.29) is 12.5 Å². The largest absolute Gasteiger partial charge is 0.391 e. The summed E-state index contributed by atoms with van der Waals surface area (Å²) in [5.41, 5.74) is 0.366. The average Bonchev–Trinajstić information content (AvgIpc) is 2.14. The van der Waals surface area contributed by atoms with Crippen molar-refractivity contribution < 1.29 is 9.90 Å². The van der Waals surface area contributed by atoms with Crippen LogP contribution in [0.2, 0.25) is 0 Å². The molecule has 3 heteroatoms. The molecule has 0 aromatic carbocycles. The van der Waals surface area contributed by atoms with Crippen LogP contribution in [0, 0.1) is 0 Å². The van der Waals surface area contributed by atoms with Gasteiger partial charge in [-0.2, -0.15) is 0 Å². The topological polar surface area (TPSA) is 49.7 Å². The number of rotatable bonds is 1. The third kappa shape index (κ3) is 0.675. The summed E-state index contributed by atoms with van der Waals surface area (Å²) in [6.07, 6.45) is 2.89. The second kappa shape index (κ2) is 1.88. The number of aliphatic imine (C=N–C) groups is 1. The molecule has 0 saturated heterocycles. The fourth-order valence-corrected chi connectivity index (χ4v) is 0.469. The minimum absolute atomic E-state index is 0.209. The Kier molecular flexibility index (Phi) is 1.22. The molecule has 1 aliphatic heterocycles. The van der Waals surface area contributed by atoms with Gasteiger partial charge in [-0.1, -0.05) is 0 Å². The highest BCUT2D eigenvalue weighted by molar-refractivity contribution is 6.07. The van der Waals surface area contributed by atoms with Gasteiger partial charge in [-0.15, -0.1) is 0 Å². The minimum atomic E-state index is -0.326. The number of amides is 1. The lowest BCUT2D eigenvalue weighted by molar-refractivity contribution is -0.114. The van der Waals surface area contributed by atoms with Crippen LogP contribution in [0.15, 0.2) is 16.6 Å². The molecule has 0 unspecified atom stereocenters. The molecule has 0 saturated carbocycles. The predicted octanol–water partition coefficient (Wildman–Crippen LogP) is -0.484. The highest BCUT2D eigenvalue weighted by Crippen LogP contribution is 1.99. The lowest BCUT2D eigenvalue weighted by atomic mass is 10.3. The smallest absolute Gasteiger partial charge is 0.275 e. The van der Waals surface area contributed by atoms with E-state index in [9.17, 15) is 4.79 Å². The molecule has 0 spiro atoms. The molecule has 0 aliphatic carbocycles. The van der Waals surface area contributed by atoms with E-state index in [0.717, 1.165) is 0 Å². The average molecular weight is 111 g/mol. The molecule has 0 atom stereocenters. The van der Waals surface area contributed by atoms with Crippen molar-refractivity contribution in [3.8, 4) is 0 Å². The summed E-state index contributed by atoms with van der Waals surface area (Å²) in [6.45, 7) is -0.209. The first-order chi connectivity index (χ1) is 3.84. The van der Waals surface area contributed by atoms with Crippen LogP contribution in [-0.2, 0) is 4.79 Å². The maximum atomic E-state index is 10.4. The Morgan fingerprint density at radius 3 is 2.75 bits per heavy atom. The van der Waals surface area contributed by atoms with Crippen LogP contribution in [0.5, 0.6) is 0 Å². The van der Waals surface area contributed by atoms with Crippen LogP contribution in [0.25, 0.3) is 0 Å². The Labute approximate surface area is 46.4 Å². The summed E-state index contributed by atoms with van der Waals surface area (Å²) < 4.78 is 0. The summed E-state index contributed by atoms with van der Waals surface area (Å²) in [7, 11) is 0. The van der Waals surface area contributed by atoms with Crippen LogP contribution in [0.1, 0.15) is 0 Å². The van der Waals surface area contributed by atoms with Crippen molar-refractivity contribution in [2.24, 2.45) is 4.99 Å². The first-order valence-corrected chi connectivity index (χ1v) is 2.23. The van der Waals surface area contributed by atoms with Gasteiger partial charge in [-0.05, 0) is 6.08 Å². The molecule has 1 aliphatic rings. The monoisotopic (exact) mass is 111 g/mol. The van der Waals surface area contributed by atoms with Crippen LogP contribution in [-0.4, -0.2) is 23.8 Å². The lowest BCUT2D eigenvalue weighted by Crippen LogP contribution is -1.97. The maximum Gasteiger partial charge on any atom is 0.275 e. The Bertz CT molecular complexity index is 169. The third-order valence-electron chi connectivity index (χ3n) is 0.913. The molecule has 1 amide bonds. The van der Waals surface area contributed by atoms with Gasteiger partial charge in [0.2, 0.25) is 0 Å². The number of hydrogen-bond donors (Lipinski definition) is 1. The van der Waals surface area contributed by atoms with E-state index in [4.69, 9.17) is 5.11 Å². The third-order valence-corrected chi connectivity index (χ3v) is 0.913. The number of allylic oxidation sites excluding steroid dienone is 1. The Morgan fingerprint density at radius 2 is 2.50 bits per heavy atom.